The molecule has 198 valence electrons. The van der Waals surface area contributed by atoms with Gasteiger partial charge in [0.25, 0.3) is 11.5 Å². The van der Waals surface area contributed by atoms with Crippen molar-refractivity contribution in [3.63, 3.8) is 0 Å². The lowest BCUT2D eigenvalue weighted by Gasteiger charge is -2.17. The van der Waals surface area contributed by atoms with Gasteiger partial charge in [-0.05, 0) is 41.9 Å². The Morgan fingerprint density at radius 2 is 1.89 bits per heavy atom. The summed E-state index contributed by atoms with van der Waals surface area (Å²) in [4.78, 5) is 53.2. The van der Waals surface area contributed by atoms with Crippen LogP contribution < -0.4 is 5.56 Å². The molecule has 0 saturated carbocycles. The topological polar surface area (TPSA) is 113 Å². The first-order chi connectivity index (χ1) is 18.0. The van der Waals surface area contributed by atoms with Gasteiger partial charge in [0.1, 0.15) is 10.7 Å². The summed E-state index contributed by atoms with van der Waals surface area (Å²) in [6, 6.07) is 9.66. The average molecular weight is 591 g/mol. The number of hydrogen-bond acceptors (Lipinski definition) is 10. The number of hydrogen-bond donors (Lipinski definition) is 0. The van der Waals surface area contributed by atoms with E-state index in [9.17, 15) is 19.2 Å². The summed E-state index contributed by atoms with van der Waals surface area (Å²) < 4.78 is 11.9. The van der Waals surface area contributed by atoms with Gasteiger partial charge < -0.3 is 4.74 Å². The molecular formula is C25H23ClN4O5S3. The highest BCUT2D eigenvalue weighted by Crippen LogP contribution is 2.33. The van der Waals surface area contributed by atoms with Crippen LogP contribution in [-0.2, 0) is 17.0 Å². The van der Waals surface area contributed by atoms with Gasteiger partial charge in [-0.25, -0.2) is 9.17 Å². The highest BCUT2D eigenvalue weighted by atomic mass is 35.5. The van der Waals surface area contributed by atoms with Crippen molar-refractivity contribution in [2.24, 2.45) is 5.41 Å². The molecule has 0 spiro atoms. The summed E-state index contributed by atoms with van der Waals surface area (Å²) in [6.45, 7) is 4.97. The predicted octanol–water partition coefficient (Wildman–Crippen LogP) is 5.53. The number of pyridine rings is 1. The number of thiophene rings is 1. The third kappa shape index (κ3) is 5.98. The van der Waals surface area contributed by atoms with Crippen molar-refractivity contribution in [1.82, 2.24) is 18.7 Å². The SMILES string of the molecule is COC(=O)c1c(-c2cc(SCc3ccc(Cl)s3)n(C(=O)C(C)(C)C)n2)ccc(=O)n1CC(=O)c1ccns1. The Labute approximate surface area is 235 Å². The Balaban J connectivity index is 1.82. The van der Waals surface area contributed by atoms with Crippen LogP contribution in [0.5, 0.6) is 0 Å². The number of Topliss-reactive ketones (excluding diaryl/α,β-unsaturated/α-hetero) is 1. The van der Waals surface area contributed by atoms with Crippen LogP contribution in [0.2, 0.25) is 4.34 Å². The van der Waals surface area contributed by atoms with Crippen molar-refractivity contribution in [2.75, 3.05) is 7.11 Å². The first kappa shape index (κ1) is 28.0. The summed E-state index contributed by atoms with van der Waals surface area (Å²) in [5, 5.41) is 5.10. The van der Waals surface area contributed by atoms with E-state index in [1.165, 1.54) is 53.2 Å². The molecule has 0 aliphatic heterocycles. The molecular weight excluding hydrogens is 568 g/mol. The quantitative estimate of drug-likeness (QED) is 0.149. The number of halogens is 1. The normalized spacial score (nSPS) is 11.5. The molecule has 4 rings (SSSR count). The van der Waals surface area contributed by atoms with Crippen molar-refractivity contribution in [2.45, 2.75) is 38.1 Å². The molecule has 0 N–H and O–H groups in total. The standard InChI is InChI=1S/C25H23ClN4O5S3/c1-25(2,3)24(34)30-21(36-13-14-5-7-19(26)37-14)11-16(28-30)15-6-8-20(32)29(22(15)23(33)35-4)12-17(31)18-9-10-27-38-18/h5-11H,12-13H2,1-4H3. The maximum absolute atomic E-state index is 13.3. The predicted molar refractivity (Wildman–Crippen MR) is 149 cm³/mol. The maximum Gasteiger partial charge on any atom is 0.355 e. The zero-order chi connectivity index (χ0) is 27.6. The van der Waals surface area contributed by atoms with E-state index in [1.807, 2.05) is 12.1 Å². The van der Waals surface area contributed by atoms with Gasteiger partial charge in [-0.3, -0.25) is 19.0 Å². The number of esters is 1. The van der Waals surface area contributed by atoms with Crippen LogP contribution in [0.4, 0.5) is 0 Å². The van der Waals surface area contributed by atoms with Crippen molar-refractivity contribution in [3.8, 4) is 11.3 Å². The Morgan fingerprint density at radius 3 is 2.50 bits per heavy atom. The molecule has 0 unspecified atom stereocenters. The van der Waals surface area contributed by atoms with Gasteiger partial charge in [0.05, 0.1) is 28.6 Å². The Morgan fingerprint density at radius 1 is 1.13 bits per heavy atom. The highest BCUT2D eigenvalue weighted by molar-refractivity contribution is 7.98. The van der Waals surface area contributed by atoms with Crippen LogP contribution in [0, 0.1) is 5.41 Å². The molecule has 9 nitrogen and oxygen atoms in total. The fraction of sp³-hybridized carbons (Fsp3) is 0.280. The fourth-order valence-corrected chi connectivity index (χ4v) is 6.12. The van der Waals surface area contributed by atoms with Gasteiger partial charge in [-0.1, -0.05) is 32.4 Å². The third-order valence-corrected chi connectivity index (χ3v) is 8.60. The number of carbonyl (C=O) groups excluding carboxylic acids is 3. The Bertz CT molecular complexity index is 1560. The largest absolute Gasteiger partial charge is 0.464 e. The first-order valence-electron chi connectivity index (χ1n) is 11.3. The number of aromatic nitrogens is 4. The van der Waals surface area contributed by atoms with E-state index in [1.54, 1.807) is 32.9 Å². The van der Waals surface area contributed by atoms with Crippen LogP contribution in [-0.4, -0.2) is 43.5 Å². The molecule has 0 aliphatic rings. The van der Waals surface area contributed by atoms with Crippen molar-refractivity contribution in [3.05, 3.63) is 72.7 Å². The monoisotopic (exact) mass is 590 g/mol. The number of nitrogens with zero attached hydrogens (tertiary/aromatic N) is 4. The molecule has 0 fully saturated rings. The summed E-state index contributed by atoms with van der Waals surface area (Å²) >= 11 is 9.90. The third-order valence-electron chi connectivity index (χ3n) is 5.35. The van der Waals surface area contributed by atoms with E-state index in [4.69, 9.17) is 16.3 Å². The second-order valence-electron chi connectivity index (χ2n) is 9.14. The van der Waals surface area contributed by atoms with Gasteiger partial charge in [-0.15, -0.1) is 23.1 Å². The van der Waals surface area contributed by atoms with Crippen LogP contribution >= 0.6 is 46.2 Å². The fourth-order valence-electron chi connectivity index (χ4n) is 3.48. The molecule has 0 aromatic carbocycles. The minimum absolute atomic E-state index is 0.132. The molecule has 13 heteroatoms. The van der Waals surface area contributed by atoms with Crippen molar-refractivity contribution < 1.29 is 19.1 Å². The lowest BCUT2D eigenvalue weighted by molar-refractivity contribution is 0.0587. The van der Waals surface area contributed by atoms with E-state index < -0.39 is 16.9 Å². The van der Waals surface area contributed by atoms with E-state index in [0.29, 0.717) is 20.0 Å². The second-order valence-corrected chi connectivity index (χ2v) is 12.8. The van der Waals surface area contributed by atoms with Gasteiger partial charge >= 0.3 is 5.97 Å². The van der Waals surface area contributed by atoms with Crippen LogP contribution in [0.25, 0.3) is 11.3 Å². The minimum atomic E-state index is -0.811. The Hall–Kier alpha value is -3.06. The molecule has 4 aromatic heterocycles. The molecule has 0 saturated heterocycles. The number of ketones is 1. The number of methoxy groups -OCH3 is 1. The van der Waals surface area contributed by atoms with E-state index in [0.717, 1.165) is 21.0 Å². The molecule has 0 radical (unpaired) electrons. The van der Waals surface area contributed by atoms with Crippen molar-refractivity contribution >= 4 is 63.9 Å². The van der Waals surface area contributed by atoms with E-state index in [-0.39, 0.29) is 35.2 Å². The molecule has 38 heavy (non-hydrogen) atoms. The summed E-state index contributed by atoms with van der Waals surface area (Å²) in [5.41, 5.74) is -0.881. The zero-order valence-electron chi connectivity index (χ0n) is 20.9. The first-order valence-corrected chi connectivity index (χ1v) is 14.2. The van der Waals surface area contributed by atoms with Crippen molar-refractivity contribution in [1.29, 1.82) is 0 Å². The maximum atomic E-state index is 13.3. The number of carbonyl (C=O) groups is 3. The minimum Gasteiger partial charge on any atom is -0.464 e. The van der Waals surface area contributed by atoms with Crippen LogP contribution in [0.3, 0.4) is 0 Å². The van der Waals surface area contributed by atoms with Crippen LogP contribution in [0.1, 0.15) is 50.6 Å². The van der Waals surface area contributed by atoms with Gasteiger partial charge in [0.2, 0.25) is 0 Å². The number of rotatable bonds is 8. The molecule has 0 atom stereocenters. The molecule has 0 amide bonds. The number of ether oxygens (including phenoxy) is 1. The van der Waals surface area contributed by atoms with E-state index in [2.05, 4.69) is 9.47 Å². The molecule has 0 aliphatic carbocycles. The molecule has 0 bridgehead atoms. The lowest BCUT2D eigenvalue weighted by atomic mass is 9.96. The second kappa shape index (κ2) is 11.4. The summed E-state index contributed by atoms with van der Waals surface area (Å²) in [6.07, 6.45) is 1.49. The lowest BCUT2D eigenvalue weighted by Crippen LogP contribution is -2.30. The molecule has 4 heterocycles. The van der Waals surface area contributed by atoms with E-state index >= 15 is 0 Å². The van der Waals surface area contributed by atoms with Crippen LogP contribution in [0.15, 0.2) is 52.4 Å². The smallest absolute Gasteiger partial charge is 0.355 e. The summed E-state index contributed by atoms with van der Waals surface area (Å²) in [5.74, 6) is -0.888. The molecule has 4 aromatic rings. The summed E-state index contributed by atoms with van der Waals surface area (Å²) in [7, 11) is 1.19. The van der Waals surface area contributed by atoms with Gasteiger partial charge in [0, 0.05) is 33.9 Å². The Kier molecular flexibility index (Phi) is 8.36. The van der Waals surface area contributed by atoms with Gasteiger partial charge in [-0.2, -0.15) is 9.78 Å². The zero-order valence-corrected chi connectivity index (χ0v) is 24.1. The van der Waals surface area contributed by atoms with Gasteiger partial charge in [0.15, 0.2) is 5.78 Å². The number of thioether (sulfide) groups is 1. The highest BCUT2D eigenvalue weighted by Gasteiger charge is 2.29. The average Bonchev–Trinajstić information content (AvgIpc) is 3.63.